The molecule has 1 aliphatic rings. The Bertz CT molecular complexity index is 627. The highest BCUT2D eigenvalue weighted by atomic mass is 127. The third-order valence-corrected chi connectivity index (χ3v) is 4.50. The lowest BCUT2D eigenvalue weighted by atomic mass is 10.1. The zero-order valence-corrected chi connectivity index (χ0v) is 20.1. The van der Waals surface area contributed by atoms with E-state index < -0.39 is 0 Å². The first kappa shape index (κ1) is 23.2. The predicted molar refractivity (Wildman–Crippen MR) is 122 cm³/mol. The number of guanidine groups is 1. The molecule has 2 N–H and O–H groups in total. The zero-order valence-electron chi connectivity index (χ0n) is 16.2. The Kier molecular flexibility index (Phi) is 8.85. The number of likely N-dealkylation sites (N-methyl/N-ethyl adjacent to an activating group) is 1. The van der Waals surface area contributed by atoms with Crippen molar-refractivity contribution in [2.24, 2.45) is 4.99 Å². The molecule has 0 radical (unpaired) electrons. The fourth-order valence-electron chi connectivity index (χ4n) is 2.77. The van der Waals surface area contributed by atoms with Crippen LogP contribution >= 0.6 is 39.9 Å². The van der Waals surface area contributed by atoms with Crippen molar-refractivity contribution >= 4 is 51.8 Å². The predicted octanol–water partition coefficient (Wildman–Crippen LogP) is 3.74. The Labute approximate surface area is 182 Å². The molecule has 26 heavy (non-hydrogen) atoms. The van der Waals surface area contributed by atoms with Crippen LogP contribution in [0.25, 0.3) is 0 Å². The molecule has 2 unspecified atom stereocenters. The van der Waals surface area contributed by atoms with Crippen LogP contribution < -0.4 is 10.6 Å². The molecule has 146 valence electrons. The molecule has 1 aromatic carbocycles. The molecular weight excluding hydrogens is 507 g/mol. The summed E-state index contributed by atoms with van der Waals surface area (Å²) in [5.41, 5.74) is 1.11. The molecule has 7 heteroatoms. The van der Waals surface area contributed by atoms with Gasteiger partial charge in [-0.25, -0.2) is 0 Å². The number of aliphatic imine (C=N–C) groups is 1. The van der Waals surface area contributed by atoms with Gasteiger partial charge in [0.05, 0.1) is 6.54 Å². The van der Waals surface area contributed by atoms with Crippen LogP contribution in [0.3, 0.4) is 0 Å². The van der Waals surface area contributed by atoms with Gasteiger partial charge in [-0.3, -0.25) is 9.79 Å². The van der Waals surface area contributed by atoms with Crippen molar-refractivity contribution in [2.75, 3.05) is 20.1 Å². The van der Waals surface area contributed by atoms with Crippen molar-refractivity contribution in [1.82, 2.24) is 15.5 Å². The minimum Gasteiger partial charge on any atom is -0.353 e. The third-order valence-electron chi connectivity index (χ3n) is 3.97. The highest BCUT2D eigenvalue weighted by molar-refractivity contribution is 14.0. The Balaban J connectivity index is 0.00000338. The maximum Gasteiger partial charge on any atom is 0.240 e. The van der Waals surface area contributed by atoms with Crippen LogP contribution in [-0.4, -0.2) is 48.5 Å². The first-order chi connectivity index (χ1) is 11.7. The van der Waals surface area contributed by atoms with E-state index in [9.17, 15) is 4.79 Å². The Morgan fingerprint density at radius 1 is 1.31 bits per heavy atom. The number of hydrogen-bond donors (Lipinski definition) is 2. The van der Waals surface area contributed by atoms with Crippen molar-refractivity contribution < 1.29 is 4.79 Å². The quantitative estimate of drug-likeness (QED) is 0.342. The largest absolute Gasteiger partial charge is 0.353 e. The third kappa shape index (κ3) is 7.42. The van der Waals surface area contributed by atoms with Crippen LogP contribution in [0.15, 0.2) is 33.7 Å². The number of nitrogens with one attached hydrogen (secondary N) is 2. The summed E-state index contributed by atoms with van der Waals surface area (Å²) in [5, 5.41) is 6.50. The number of amides is 1. The van der Waals surface area contributed by atoms with E-state index in [1.165, 1.54) is 5.56 Å². The van der Waals surface area contributed by atoms with Crippen LogP contribution in [-0.2, 0) is 4.79 Å². The normalized spacial score (nSPS) is 19.4. The molecule has 1 amide bonds. The van der Waals surface area contributed by atoms with E-state index in [4.69, 9.17) is 0 Å². The summed E-state index contributed by atoms with van der Waals surface area (Å²) >= 11 is 3.47. The monoisotopic (exact) mass is 536 g/mol. The molecule has 0 bridgehead atoms. The molecule has 2 rings (SSSR count). The second-order valence-electron chi connectivity index (χ2n) is 7.60. The van der Waals surface area contributed by atoms with Gasteiger partial charge in [-0.1, -0.05) is 28.1 Å². The molecule has 0 heterocycles. The van der Waals surface area contributed by atoms with Crippen molar-refractivity contribution in [2.45, 2.75) is 51.6 Å². The second-order valence-corrected chi connectivity index (χ2v) is 8.51. The highest BCUT2D eigenvalue weighted by Crippen LogP contribution is 2.41. The van der Waals surface area contributed by atoms with Gasteiger partial charge in [-0.15, -0.1) is 24.0 Å². The van der Waals surface area contributed by atoms with Gasteiger partial charge in [-0.05, 0) is 51.8 Å². The van der Waals surface area contributed by atoms with Crippen molar-refractivity contribution in [3.05, 3.63) is 34.3 Å². The fraction of sp³-hybridized carbons (Fsp3) is 0.579. The first-order valence-electron chi connectivity index (χ1n) is 8.78. The van der Waals surface area contributed by atoms with E-state index in [0.717, 1.165) is 16.9 Å². The summed E-state index contributed by atoms with van der Waals surface area (Å²) < 4.78 is 1.10. The van der Waals surface area contributed by atoms with Gasteiger partial charge < -0.3 is 15.5 Å². The van der Waals surface area contributed by atoms with Crippen LogP contribution in [0.4, 0.5) is 0 Å². The van der Waals surface area contributed by atoms with E-state index in [-0.39, 0.29) is 35.4 Å². The zero-order chi connectivity index (χ0) is 18.6. The Hall–Kier alpha value is -0.830. The standard InChI is InChI=1S/C19H29BrN4O.HI/c1-6-21-18(24(5)12-17(25)23-19(2,3)4)22-16-11-15(16)13-7-9-14(20)10-8-13;/h7-10,15-16H,6,11-12H2,1-5H3,(H,21,22)(H,23,25);1H. The number of benzene rings is 1. The topological polar surface area (TPSA) is 56.7 Å². The van der Waals surface area contributed by atoms with E-state index in [0.29, 0.717) is 25.0 Å². The minimum atomic E-state index is -0.226. The van der Waals surface area contributed by atoms with Gasteiger partial charge in [0.1, 0.15) is 0 Å². The van der Waals surface area contributed by atoms with Gasteiger partial charge in [0.2, 0.25) is 5.91 Å². The number of carbonyl (C=O) groups excluding carboxylic acids is 1. The summed E-state index contributed by atoms with van der Waals surface area (Å²) in [7, 11) is 1.90. The van der Waals surface area contributed by atoms with Gasteiger partial charge >= 0.3 is 0 Å². The lowest BCUT2D eigenvalue weighted by molar-refractivity contribution is -0.122. The lowest BCUT2D eigenvalue weighted by Gasteiger charge is -2.25. The second kappa shape index (κ2) is 9.92. The summed E-state index contributed by atoms with van der Waals surface area (Å²) in [6.45, 7) is 8.93. The maximum atomic E-state index is 12.2. The number of nitrogens with zero attached hydrogens (tertiary/aromatic N) is 2. The van der Waals surface area contributed by atoms with Crippen LogP contribution in [0.1, 0.15) is 45.6 Å². The maximum absolute atomic E-state index is 12.2. The minimum absolute atomic E-state index is 0. The first-order valence-corrected chi connectivity index (χ1v) is 9.57. The van der Waals surface area contributed by atoms with E-state index in [1.807, 2.05) is 39.6 Å². The average Bonchev–Trinajstić information content (AvgIpc) is 3.24. The Morgan fingerprint density at radius 3 is 2.46 bits per heavy atom. The molecule has 2 atom stereocenters. The van der Waals surface area contributed by atoms with E-state index in [2.05, 4.69) is 55.8 Å². The lowest BCUT2D eigenvalue weighted by Crippen LogP contribution is -2.49. The molecule has 5 nitrogen and oxygen atoms in total. The van der Waals surface area contributed by atoms with Crippen molar-refractivity contribution in [3.8, 4) is 0 Å². The van der Waals surface area contributed by atoms with Gasteiger partial charge in [0.25, 0.3) is 0 Å². The van der Waals surface area contributed by atoms with Crippen LogP contribution in [0, 0.1) is 0 Å². The summed E-state index contributed by atoms with van der Waals surface area (Å²) in [4.78, 5) is 18.6. The summed E-state index contributed by atoms with van der Waals surface area (Å²) in [5.74, 6) is 1.30. The highest BCUT2D eigenvalue weighted by Gasteiger charge is 2.39. The van der Waals surface area contributed by atoms with Gasteiger partial charge in [-0.2, -0.15) is 0 Å². The SMILES string of the molecule is CCN=C(NC1CC1c1ccc(Br)cc1)N(C)CC(=O)NC(C)(C)C.I. The summed E-state index contributed by atoms with van der Waals surface area (Å²) in [6.07, 6.45) is 1.09. The Morgan fingerprint density at radius 2 is 1.92 bits per heavy atom. The van der Waals surface area contributed by atoms with Gasteiger partial charge in [0, 0.05) is 35.6 Å². The number of rotatable bonds is 5. The number of halogens is 2. The molecule has 1 saturated carbocycles. The molecule has 0 aliphatic heterocycles. The molecule has 0 spiro atoms. The number of carbonyl (C=O) groups is 1. The molecule has 1 aromatic rings. The van der Waals surface area contributed by atoms with E-state index in [1.54, 1.807) is 0 Å². The van der Waals surface area contributed by atoms with Crippen LogP contribution in [0.5, 0.6) is 0 Å². The van der Waals surface area contributed by atoms with E-state index >= 15 is 0 Å². The molecule has 0 saturated heterocycles. The van der Waals surface area contributed by atoms with Crippen molar-refractivity contribution in [1.29, 1.82) is 0 Å². The fourth-order valence-corrected chi connectivity index (χ4v) is 3.04. The van der Waals surface area contributed by atoms with Gasteiger partial charge in [0.15, 0.2) is 5.96 Å². The molecule has 1 aliphatic carbocycles. The molecular formula is C19H30BrIN4O. The van der Waals surface area contributed by atoms with Crippen LogP contribution in [0.2, 0.25) is 0 Å². The average molecular weight is 537 g/mol. The van der Waals surface area contributed by atoms with Crippen molar-refractivity contribution in [3.63, 3.8) is 0 Å². The number of hydrogen-bond acceptors (Lipinski definition) is 2. The smallest absolute Gasteiger partial charge is 0.240 e. The molecule has 1 fully saturated rings. The molecule has 0 aromatic heterocycles. The summed E-state index contributed by atoms with van der Waals surface area (Å²) in [6, 6.07) is 8.85.